The van der Waals surface area contributed by atoms with Crippen LogP contribution in [0.25, 0.3) is 21.9 Å². The molecule has 1 saturated carbocycles. The summed E-state index contributed by atoms with van der Waals surface area (Å²) in [5.74, 6) is 0.681. The molecular formula is C22H21N5O. The van der Waals surface area contributed by atoms with E-state index in [0.717, 1.165) is 53.1 Å². The maximum atomic E-state index is 12.0. The molecule has 2 aromatic heterocycles. The predicted octanol–water partition coefficient (Wildman–Crippen LogP) is 4.05. The summed E-state index contributed by atoms with van der Waals surface area (Å²) in [6.07, 6.45) is 7.14. The van der Waals surface area contributed by atoms with Crippen molar-refractivity contribution in [2.24, 2.45) is 5.92 Å². The summed E-state index contributed by atoms with van der Waals surface area (Å²) in [5.41, 5.74) is 10.3. The zero-order chi connectivity index (χ0) is 19.7. The van der Waals surface area contributed by atoms with Gasteiger partial charge < -0.3 is 11.1 Å². The molecule has 6 heteroatoms. The molecule has 1 aliphatic rings. The van der Waals surface area contributed by atoms with Gasteiger partial charge in [-0.15, -0.1) is 0 Å². The number of rotatable bonds is 5. The number of nitriles is 1. The number of carbonyl (C=O) groups excluding carboxylic acids is 1. The molecule has 2 heterocycles. The molecule has 4 rings (SSSR count). The Morgan fingerprint density at radius 2 is 2.07 bits per heavy atom. The van der Waals surface area contributed by atoms with E-state index in [0.29, 0.717) is 17.2 Å². The average molecular weight is 371 g/mol. The fourth-order valence-electron chi connectivity index (χ4n) is 3.38. The topological polar surface area (TPSA) is 105 Å². The number of amides is 1. The van der Waals surface area contributed by atoms with E-state index in [4.69, 9.17) is 11.0 Å². The molecule has 0 unspecified atom stereocenters. The van der Waals surface area contributed by atoms with E-state index in [1.54, 1.807) is 12.4 Å². The molecule has 6 nitrogen and oxygen atoms in total. The van der Waals surface area contributed by atoms with Gasteiger partial charge in [0, 0.05) is 34.9 Å². The van der Waals surface area contributed by atoms with Crippen LogP contribution in [-0.2, 0) is 11.2 Å². The number of aryl methyl sites for hydroxylation is 1. The third-order valence-corrected chi connectivity index (χ3v) is 5.00. The van der Waals surface area contributed by atoms with Gasteiger partial charge in [0.15, 0.2) is 0 Å². The fraction of sp³-hybridized carbons (Fsp3) is 0.273. The zero-order valence-electron chi connectivity index (χ0n) is 15.7. The van der Waals surface area contributed by atoms with E-state index in [-0.39, 0.29) is 11.8 Å². The summed E-state index contributed by atoms with van der Waals surface area (Å²) >= 11 is 0. The van der Waals surface area contributed by atoms with Crippen LogP contribution < -0.4 is 11.1 Å². The molecule has 0 radical (unpaired) electrons. The average Bonchev–Trinajstić information content (AvgIpc) is 3.53. The van der Waals surface area contributed by atoms with Gasteiger partial charge >= 0.3 is 0 Å². The van der Waals surface area contributed by atoms with Crippen molar-refractivity contribution >= 4 is 28.2 Å². The Hall–Kier alpha value is -3.46. The predicted molar refractivity (Wildman–Crippen MR) is 109 cm³/mol. The molecule has 140 valence electrons. The van der Waals surface area contributed by atoms with Crippen molar-refractivity contribution in [3.8, 4) is 17.2 Å². The lowest BCUT2D eigenvalue weighted by Gasteiger charge is -2.12. The lowest BCUT2D eigenvalue weighted by molar-refractivity contribution is -0.117. The third-order valence-electron chi connectivity index (χ3n) is 5.00. The summed E-state index contributed by atoms with van der Waals surface area (Å²) in [6, 6.07) is 9.74. The van der Waals surface area contributed by atoms with E-state index < -0.39 is 0 Å². The fourth-order valence-corrected chi connectivity index (χ4v) is 3.38. The maximum absolute atomic E-state index is 12.0. The molecule has 0 atom stereocenters. The first-order chi connectivity index (χ1) is 13.6. The number of hydrogen-bond acceptors (Lipinski definition) is 5. The van der Waals surface area contributed by atoms with Crippen LogP contribution in [0.4, 0.5) is 11.5 Å². The molecule has 0 aliphatic heterocycles. The highest BCUT2D eigenvalue weighted by Crippen LogP contribution is 2.33. The van der Waals surface area contributed by atoms with Gasteiger partial charge in [-0.1, -0.05) is 13.3 Å². The van der Waals surface area contributed by atoms with E-state index in [9.17, 15) is 4.79 Å². The molecule has 0 saturated heterocycles. The minimum atomic E-state index is 0.0255. The Balaban J connectivity index is 1.77. The van der Waals surface area contributed by atoms with Crippen LogP contribution in [0.2, 0.25) is 0 Å². The molecule has 3 N–H and O–H groups in total. The van der Waals surface area contributed by atoms with Crippen LogP contribution in [0.15, 0.2) is 36.7 Å². The highest BCUT2D eigenvalue weighted by atomic mass is 16.2. The number of benzene rings is 1. The lowest BCUT2D eigenvalue weighted by atomic mass is 9.95. The number of nitrogens with zero attached hydrogens (tertiary/aromatic N) is 3. The number of nitrogen functional groups attached to an aromatic ring is 1. The van der Waals surface area contributed by atoms with Gasteiger partial charge in [-0.25, -0.2) is 9.97 Å². The van der Waals surface area contributed by atoms with Crippen LogP contribution >= 0.6 is 0 Å². The van der Waals surface area contributed by atoms with Crippen LogP contribution in [0, 0.1) is 17.2 Å². The van der Waals surface area contributed by atoms with Crippen LogP contribution in [0.3, 0.4) is 0 Å². The van der Waals surface area contributed by atoms with Crippen molar-refractivity contribution < 1.29 is 4.79 Å². The van der Waals surface area contributed by atoms with Gasteiger partial charge in [-0.3, -0.25) is 4.79 Å². The SMILES string of the molecule is CCCc1cc(C#N)ncc1-c1cc(N)c2cnc(NC(=O)C3CC3)cc2c1. The van der Waals surface area contributed by atoms with Crippen molar-refractivity contribution in [1.82, 2.24) is 9.97 Å². The second kappa shape index (κ2) is 7.28. The van der Waals surface area contributed by atoms with Crippen LogP contribution in [-0.4, -0.2) is 15.9 Å². The van der Waals surface area contributed by atoms with Crippen molar-refractivity contribution in [1.29, 1.82) is 5.26 Å². The molecule has 28 heavy (non-hydrogen) atoms. The normalized spacial score (nSPS) is 13.3. The Morgan fingerprint density at radius 1 is 1.25 bits per heavy atom. The van der Waals surface area contributed by atoms with Crippen LogP contribution in [0.5, 0.6) is 0 Å². The number of carbonyl (C=O) groups is 1. The smallest absolute Gasteiger partial charge is 0.228 e. The molecule has 3 aromatic rings. The van der Waals surface area contributed by atoms with Gasteiger partial charge in [-0.05, 0) is 60.0 Å². The summed E-state index contributed by atoms with van der Waals surface area (Å²) in [6.45, 7) is 2.10. The Morgan fingerprint density at radius 3 is 2.79 bits per heavy atom. The molecule has 1 aliphatic carbocycles. The van der Waals surface area contributed by atoms with Gasteiger partial charge in [0.25, 0.3) is 0 Å². The zero-order valence-corrected chi connectivity index (χ0v) is 15.7. The molecule has 1 aromatic carbocycles. The van der Waals surface area contributed by atoms with Gasteiger partial charge in [-0.2, -0.15) is 5.26 Å². The van der Waals surface area contributed by atoms with Crippen molar-refractivity contribution in [2.45, 2.75) is 32.6 Å². The summed E-state index contributed by atoms with van der Waals surface area (Å²) in [7, 11) is 0. The number of aromatic nitrogens is 2. The Bertz CT molecular complexity index is 1110. The monoisotopic (exact) mass is 371 g/mol. The number of hydrogen-bond donors (Lipinski definition) is 2. The number of fused-ring (bicyclic) bond motifs is 1. The number of pyridine rings is 2. The van der Waals surface area contributed by atoms with E-state index in [2.05, 4.69) is 28.3 Å². The minimum Gasteiger partial charge on any atom is -0.398 e. The molecule has 0 bridgehead atoms. The lowest BCUT2D eigenvalue weighted by Crippen LogP contribution is -2.14. The van der Waals surface area contributed by atoms with E-state index in [1.165, 1.54) is 0 Å². The molecule has 0 spiro atoms. The minimum absolute atomic E-state index is 0.0255. The second-order valence-corrected chi connectivity index (χ2v) is 7.21. The summed E-state index contributed by atoms with van der Waals surface area (Å²) in [4.78, 5) is 20.6. The van der Waals surface area contributed by atoms with Gasteiger partial charge in [0.2, 0.25) is 5.91 Å². The van der Waals surface area contributed by atoms with E-state index in [1.807, 2.05) is 24.3 Å². The van der Waals surface area contributed by atoms with Crippen molar-refractivity contribution in [3.05, 3.63) is 47.9 Å². The quantitative estimate of drug-likeness (QED) is 0.658. The molecule has 1 fully saturated rings. The first-order valence-electron chi connectivity index (χ1n) is 9.48. The molecule has 1 amide bonds. The number of anilines is 2. The van der Waals surface area contributed by atoms with Crippen molar-refractivity contribution in [2.75, 3.05) is 11.1 Å². The first-order valence-corrected chi connectivity index (χ1v) is 9.48. The summed E-state index contributed by atoms with van der Waals surface area (Å²) in [5, 5.41) is 13.8. The number of nitrogens with one attached hydrogen (secondary N) is 1. The van der Waals surface area contributed by atoms with Gasteiger partial charge in [0.1, 0.15) is 17.6 Å². The van der Waals surface area contributed by atoms with Gasteiger partial charge in [0.05, 0.1) is 0 Å². The highest BCUT2D eigenvalue weighted by Gasteiger charge is 2.29. The van der Waals surface area contributed by atoms with Crippen LogP contribution in [0.1, 0.15) is 37.4 Å². The number of nitrogens with two attached hydrogens (primary N) is 1. The standard InChI is InChI=1S/C22H21N5O/c1-2-3-14-7-17(10-23)25-11-18(14)15-6-16-9-21(27-22(28)13-4-5-13)26-12-19(16)20(24)8-15/h6-9,11-13H,2-5,24H2,1H3,(H,26,27,28). The Labute approximate surface area is 163 Å². The largest absolute Gasteiger partial charge is 0.398 e. The third kappa shape index (κ3) is 3.52. The maximum Gasteiger partial charge on any atom is 0.228 e. The molecular weight excluding hydrogens is 350 g/mol. The van der Waals surface area contributed by atoms with Crippen molar-refractivity contribution in [3.63, 3.8) is 0 Å². The first kappa shape index (κ1) is 17.9. The highest BCUT2D eigenvalue weighted by molar-refractivity contribution is 6.00. The Kier molecular flexibility index (Phi) is 4.66. The van der Waals surface area contributed by atoms with E-state index >= 15 is 0 Å². The summed E-state index contributed by atoms with van der Waals surface area (Å²) < 4.78 is 0. The second-order valence-electron chi connectivity index (χ2n) is 7.21.